The minimum Gasteiger partial charge on any atom is -0.301 e. The fourth-order valence-corrected chi connectivity index (χ4v) is 5.33. The maximum Gasteiger partial charge on any atom is 0.406 e. The van der Waals surface area contributed by atoms with Gasteiger partial charge in [-0.05, 0) is 79.4 Å². The van der Waals surface area contributed by atoms with Crippen molar-refractivity contribution in [1.82, 2.24) is 4.98 Å². The first-order chi connectivity index (χ1) is 19.8. The molecule has 0 saturated heterocycles. The van der Waals surface area contributed by atoms with Gasteiger partial charge in [-0.15, -0.1) is 0 Å². The van der Waals surface area contributed by atoms with Crippen molar-refractivity contribution in [2.75, 3.05) is 21.7 Å². The Morgan fingerprint density at radius 3 is 1.88 bits per heavy atom. The third-order valence-corrected chi connectivity index (χ3v) is 7.61. The summed E-state index contributed by atoms with van der Waals surface area (Å²) in [5, 5.41) is 10.3. The van der Waals surface area contributed by atoms with Crippen molar-refractivity contribution >= 4 is 46.2 Å². The van der Waals surface area contributed by atoms with Crippen molar-refractivity contribution in [3.05, 3.63) is 90.4 Å². The van der Waals surface area contributed by atoms with Crippen LogP contribution in [-0.2, 0) is 0 Å². The minimum atomic E-state index is -4.46. The van der Waals surface area contributed by atoms with Crippen molar-refractivity contribution in [2.45, 2.75) is 56.0 Å². The zero-order valence-corrected chi connectivity index (χ0v) is 24.8. The molecule has 1 saturated carbocycles. The average molecular weight is 601 g/mol. The normalized spacial score (nSPS) is 11.9. The highest BCUT2D eigenvalue weighted by atomic mass is 32.2. The molecular formula is C31H32F4N4S2. The lowest BCUT2D eigenvalue weighted by Crippen LogP contribution is -2.29. The quantitative estimate of drug-likeness (QED) is 0.148. The van der Waals surface area contributed by atoms with Gasteiger partial charge in [0, 0.05) is 27.1 Å². The highest BCUT2D eigenvalue weighted by Gasteiger charge is 2.33. The molecule has 1 aliphatic carbocycles. The summed E-state index contributed by atoms with van der Waals surface area (Å²) in [5.74, 6) is 0.155. The van der Waals surface area contributed by atoms with E-state index in [0.717, 1.165) is 21.1 Å². The molecule has 0 bridgehead atoms. The monoisotopic (exact) mass is 600 g/mol. The number of hydrogen-bond acceptors (Lipinski definition) is 6. The molecule has 0 aliphatic heterocycles. The summed E-state index contributed by atoms with van der Waals surface area (Å²) in [6, 6.07) is 21.7. The van der Waals surface area contributed by atoms with Crippen LogP contribution in [0.2, 0.25) is 0 Å². The number of fused-ring (bicyclic) bond motifs is 1. The van der Waals surface area contributed by atoms with Gasteiger partial charge in [-0.25, -0.2) is 9.37 Å². The number of nitrogens with zero attached hydrogens (tertiary/aromatic N) is 4. The molecule has 3 aromatic carbocycles. The van der Waals surface area contributed by atoms with Crippen LogP contribution in [0.15, 0.2) is 88.8 Å². The van der Waals surface area contributed by atoms with E-state index in [-0.39, 0.29) is 0 Å². The fraction of sp³-hybridized carbons (Fsp3) is 0.290. The fourth-order valence-electron chi connectivity index (χ4n) is 3.49. The first-order valence-electron chi connectivity index (χ1n) is 13.4. The maximum atomic E-state index is 13.5. The molecule has 1 aromatic heterocycles. The average Bonchev–Trinajstić information content (AvgIpc) is 3.87. The summed E-state index contributed by atoms with van der Waals surface area (Å²) in [7, 11) is 0. The molecule has 1 aliphatic rings. The molecule has 0 radical (unpaired) electrons. The van der Waals surface area contributed by atoms with E-state index in [4.69, 9.17) is 5.26 Å². The SMILES string of the molecule is C1CC1.CC.CCN(Sc1ccc(C#N)cc1)c1ncc(N(CC(F)(F)F)Sc2ccc(F)cc2)c2ccccc12. The third kappa shape index (κ3) is 9.87. The van der Waals surface area contributed by atoms with Gasteiger partial charge in [-0.1, -0.05) is 57.4 Å². The van der Waals surface area contributed by atoms with Crippen molar-refractivity contribution < 1.29 is 17.6 Å². The van der Waals surface area contributed by atoms with E-state index in [0.29, 0.717) is 39.3 Å². The van der Waals surface area contributed by atoms with Crippen LogP contribution in [0.3, 0.4) is 0 Å². The van der Waals surface area contributed by atoms with Crippen LogP contribution in [0.1, 0.15) is 45.6 Å². The number of aromatic nitrogens is 1. The van der Waals surface area contributed by atoms with Crippen LogP contribution < -0.4 is 8.61 Å². The molecule has 10 heteroatoms. The molecule has 4 aromatic rings. The molecule has 41 heavy (non-hydrogen) atoms. The number of nitriles is 1. The molecule has 1 heterocycles. The molecule has 0 atom stereocenters. The number of pyridine rings is 1. The van der Waals surface area contributed by atoms with Crippen molar-refractivity contribution in [3.8, 4) is 6.07 Å². The summed E-state index contributed by atoms with van der Waals surface area (Å²) in [5.41, 5.74) is 0.860. The van der Waals surface area contributed by atoms with E-state index >= 15 is 0 Å². The number of rotatable bonds is 8. The predicted octanol–water partition coefficient (Wildman–Crippen LogP) is 10.1. The van der Waals surface area contributed by atoms with Crippen molar-refractivity contribution in [2.24, 2.45) is 0 Å². The molecule has 0 unspecified atom stereocenters. The van der Waals surface area contributed by atoms with Crippen LogP contribution in [0, 0.1) is 17.1 Å². The standard InChI is InChI=1S/C26H20F4N4S2.C3H6.C2H6/c1-2-33(35-20-11-7-18(15-31)8-12-20)25-23-6-4-3-5-22(23)24(16-32-25)34(17-26(28,29)30)36-21-13-9-19(27)10-14-21;1-2-3-1;1-2/h3-14,16H,2,17H2,1H3;1-3H2;1-2H3. The predicted molar refractivity (Wildman–Crippen MR) is 163 cm³/mol. The van der Waals surface area contributed by atoms with Gasteiger partial charge in [0.15, 0.2) is 0 Å². The van der Waals surface area contributed by atoms with E-state index in [9.17, 15) is 17.6 Å². The van der Waals surface area contributed by atoms with E-state index in [1.54, 1.807) is 24.3 Å². The van der Waals surface area contributed by atoms with Crippen molar-refractivity contribution in [1.29, 1.82) is 5.26 Å². The topological polar surface area (TPSA) is 43.2 Å². The van der Waals surface area contributed by atoms with Gasteiger partial charge in [-0.3, -0.25) is 4.31 Å². The zero-order valence-electron chi connectivity index (χ0n) is 23.2. The summed E-state index contributed by atoms with van der Waals surface area (Å²) < 4.78 is 57.1. The van der Waals surface area contributed by atoms with Gasteiger partial charge in [0.1, 0.15) is 18.2 Å². The first kappa shape index (κ1) is 32.1. The minimum absolute atomic E-state index is 0.306. The molecule has 1 fully saturated rings. The zero-order chi connectivity index (χ0) is 29.8. The second-order valence-electron chi connectivity index (χ2n) is 8.69. The Hall–Kier alpha value is -3.42. The van der Waals surface area contributed by atoms with E-state index in [2.05, 4.69) is 11.1 Å². The number of anilines is 2. The number of benzene rings is 3. The van der Waals surface area contributed by atoms with Gasteiger partial charge >= 0.3 is 6.18 Å². The number of hydrogen-bond donors (Lipinski definition) is 0. The van der Waals surface area contributed by atoms with Gasteiger partial charge in [0.05, 0.1) is 23.5 Å². The van der Waals surface area contributed by atoms with Crippen LogP contribution in [0.25, 0.3) is 10.8 Å². The molecule has 0 amide bonds. The highest BCUT2D eigenvalue weighted by molar-refractivity contribution is 8.01. The maximum absolute atomic E-state index is 13.5. The van der Waals surface area contributed by atoms with Crippen LogP contribution in [0.4, 0.5) is 29.1 Å². The van der Waals surface area contributed by atoms with Crippen LogP contribution >= 0.6 is 23.9 Å². The van der Waals surface area contributed by atoms with Crippen molar-refractivity contribution in [3.63, 3.8) is 0 Å². The van der Waals surface area contributed by atoms with Crippen LogP contribution in [-0.4, -0.2) is 24.2 Å². The lowest BCUT2D eigenvalue weighted by Gasteiger charge is -2.28. The Balaban J connectivity index is 0.000000850. The molecule has 5 rings (SSSR count). The Kier molecular flexibility index (Phi) is 12.2. The lowest BCUT2D eigenvalue weighted by molar-refractivity contribution is -0.117. The number of halogens is 4. The lowest BCUT2D eigenvalue weighted by atomic mass is 10.1. The second-order valence-corrected chi connectivity index (χ2v) is 10.9. The Morgan fingerprint density at radius 2 is 1.37 bits per heavy atom. The highest BCUT2D eigenvalue weighted by Crippen LogP contribution is 2.40. The second kappa shape index (κ2) is 15.5. The molecule has 216 valence electrons. The summed E-state index contributed by atoms with van der Waals surface area (Å²) in [6.07, 6.45) is 1.48. The summed E-state index contributed by atoms with van der Waals surface area (Å²) in [4.78, 5) is 5.96. The van der Waals surface area contributed by atoms with E-state index in [1.807, 2.05) is 49.3 Å². The van der Waals surface area contributed by atoms with E-state index in [1.165, 1.54) is 61.7 Å². The van der Waals surface area contributed by atoms with Gasteiger partial charge in [-0.2, -0.15) is 18.4 Å². The van der Waals surface area contributed by atoms with E-state index < -0.39 is 18.5 Å². The Bertz CT molecular complexity index is 1420. The number of alkyl halides is 3. The molecule has 0 N–H and O–H groups in total. The van der Waals surface area contributed by atoms with Gasteiger partial charge < -0.3 is 4.31 Å². The summed E-state index contributed by atoms with van der Waals surface area (Å²) in [6.45, 7) is 5.33. The first-order valence-corrected chi connectivity index (χ1v) is 14.9. The molecule has 0 spiro atoms. The molecular weight excluding hydrogens is 568 g/mol. The Labute approximate surface area is 247 Å². The van der Waals surface area contributed by atoms with Gasteiger partial charge in [0.2, 0.25) is 0 Å². The van der Waals surface area contributed by atoms with Gasteiger partial charge in [0.25, 0.3) is 0 Å². The third-order valence-electron chi connectivity index (χ3n) is 5.45. The largest absolute Gasteiger partial charge is 0.406 e. The Morgan fingerprint density at radius 1 is 0.829 bits per heavy atom. The molecule has 4 nitrogen and oxygen atoms in total. The smallest absolute Gasteiger partial charge is 0.301 e. The summed E-state index contributed by atoms with van der Waals surface area (Å²) >= 11 is 2.31. The van der Waals surface area contributed by atoms with Crippen LogP contribution in [0.5, 0.6) is 0 Å².